The molecule has 3 nitrogen and oxygen atoms in total. The van der Waals surface area contributed by atoms with Gasteiger partial charge in [0.2, 0.25) is 0 Å². The summed E-state index contributed by atoms with van der Waals surface area (Å²) in [6.07, 6.45) is 4.64. The van der Waals surface area contributed by atoms with Crippen LogP contribution in [0.5, 0.6) is 0 Å². The first kappa shape index (κ1) is 17.9. The van der Waals surface area contributed by atoms with E-state index in [1.807, 2.05) is 30.0 Å². The fraction of sp³-hybridized carbons (Fsp3) is 0.571. The lowest BCUT2D eigenvalue weighted by molar-refractivity contribution is -0.0440. The minimum absolute atomic E-state index is 0.116. The van der Waals surface area contributed by atoms with Crippen molar-refractivity contribution in [3.05, 3.63) is 42.1 Å². The number of ether oxygens (including phenoxy) is 1. The molecule has 1 saturated heterocycles. The van der Waals surface area contributed by atoms with E-state index in [1.54, 1.807) is 13.1 Å². The number of alkyl halides is 1. The molecule has 0 bridgehead atoms. The van der Waals surface area contributed by atoms with Gasteiger partial charge in [-0.1, -0.05) is 26.5 Å². The molecule has 0 N–H and O–H groups in total. The van der Waals surface area contributed by atoms with Crippen molar-refractivity contribution < 1.29 is 9.13 Å². The fourth-order valence-electron chi connectivity index (χ4n) is 4.14. The third-order valence-corrected chi connectivity index (χ3v) is 6.22. The van der Waals surface area contributed by atoms with Crippen LogP contribution in [0.25, 0.3) is 0 Å². The van der Waals surface area contributed by atoms with Crippen molar-refractivity contribution in [3.63, 3.8) is 0 Å². The van der Waals surface area contributed by atoms with Crippen LogP contribution in [0.15, 0.2) is 31.0 Å². The van der Waals surface area contributed by atoms with Crippen molar-refractivity contribution in [2.75, 3.05) is 18.1 Å². The summed E-state index contributed by atoms with van der Waals surface area (Å²) < 4.78 is 21.1. The molecule has 2 aliphatic rings. The highest BCUT2D eigenvalue weighted by molar-refractivity contribution is 5.59. The van der Waals surface area contributed by atoms with Gasteiger partial charge in [-0.2, -0.15) is 5.26 Å². The molecule has 0 radical (unpaired) electrons. The number of hydrogen-bond acceptors (Lipinski definition) is 3. The Bertz CT molecular complexity index is 717. The second-order valence-corrected chi connectivity index (χ2v) is 8.03. The van der Waals surface area contributed by atoms with Crippen LogP contribution < -0.4 is 4.90 Å². The maximum atomic E-state index is 15.5. The SMILES string of the molecule is C=CN(C[C@]1(C)C[C@@]2(CCC1(C)F)CO2)c1cc(C#N)ccc1CC. The quantitative estimate of drug-likeness (QED) is 0.724. The van der Waals surface area contributed by atoms with Crippen molar-refractivity contribution in [1.29, 1.82) is 5.26 Å². The number of hydrogen-bond donors (Lipinski definition) is 0. The summed E-state index contributed by atoms with van der Waals surface area (Å²) in [5.74, 6) is 0. The van der Waals surface area contributed by atoms with Gasteiger partial charge in [-0.25, -0.2) is 4.39 Å². The van der Waals surface area contributed by atoms with E-state index in [4.69, 9.17) is 4.74 Å². The first-order valence-electron chi connectivity index (χ1n) is 9.03. The Morgan fingerprint density at radius 1 is 1.40 bits per heavy atom. The van der Waals surface area contributed by atoms with Gasteiger partial charge in [0.25, 0.3) is 0 Å². The Hall–Kier alpha value is -1.86. The van der Waals surface area contributed by atoms with Crippen molar-refractivity contribution in [2.45, 2.75) is 57.7 Å². The Balaban J connectivity index is 1.94. The number of benzene rings is 1. The summed E-state index contributed by atoms with van der Waals surface area (Å²) in [6, 6.07) is 7.89. The molecule has 1 aliphatic heterocycles. The molecule has 2 fully saturated rings. The first-order chi connectivity index (χ1) is 11.8. The smallest absolute Gasteiger partial charge is 0.115 e. The second-order valence-electron chi connectivity index (χ2n) is 8.03. The highest BCUT2D eigenvalue weighted by Gasteiger charge is 2.60. The van der Waals surface area contributed by atoms with Gasteiger partial charge in [0.15, 0.2) is 0 Å². The van der Waals surface area contributed by atoms with E-state index in [1.165, 1.54) is 0 Å². The zero-order valence-corrected chi connectivity index (χ0v) is 15.4. The first-order valence-corrected chi connectivity index (χ1v) is 9.03. The number of epoxide rings is 1. The highest BCUT2D eigenvalue weighted by atomic mass is 19.1. The zero-order chi connectivity index (χ0) is 18.3. The van der Waals surface area contributed by atoms with Crippen LogP contribution in [0.4, 0.5) is 10.1 Å². The average Bonchev–Trinajstić information content (AvgIpc) is 3.35. The van der Waals surface area contributed by atoms with Crippen LogP contribution >= 0.6 is 0 Å². The normalized spacial score (nSPS) is 33.7. The largest absolute Gasteiger partial charge is 0.370 e. The number of halogens is 1. The van der Waals surface area contributed by atoms with E-state index in [2.05, 4.69) is 19.6 Å². The van der Waals surface area contributed by atoms with E-state index in [0.29, 0.717) is 18.5 Å². The van der Waals surface area contributed by atoms with Gasteiger partial charge in [-0.15, -0.1) is 0 Å². The number of nitrogens with zero attached hydrogens (tertiary/aromatic N) is 2. The maximum absolute atomic E-state index is 15.5. The van der Waals surface area contributed by atoms with E-state index < -0.39 is 11.1 Å². The summed E-state index contributed by atoms with van der Waals surface area (Å²) in [5.41, 5.74) is 0.780. The van der Waals surface area contributed by atoms with Crippen LogP contribution in [-0.2, 0) is 11.2 Å². The maximum Gasteiger partial charge on any atom is 0.115 e. The van der Waals surface area contributed by atoms with Gasteiger partial charge in [-0.3, -0.25) is 0 Å². The molecule has 1 heterocycles. The average molecular weight is 342 g/mol. The minimum Gasteiger partial charge on any atom is -0.370 e. The summed E-state index contributed by atoms with van der Waals surface area (Å²) >= 11 is 0. The van der Waals surface area contributed by atoms with Gasteiger partial charge < -0.3 is 9.64 Å². The molecule has 25 heavy (non-hydrogen) atoms. The standard InChI is InChI=1S/C21H27FN2O/c1-5-17-8-7-16(12-23)11-18(17)24(6-2)14-19(3)13-21(15-25-21)10-9-20(19,4)22/h6-8,11H,2,5,9-10,13-15H2,1,3-4H3/t19-,20?,21-/m0/s1. The van der Waals surface area contributed by atoms with Crippen LogP contribution in [0.1, 0.15) is 51.2 Å². The third-order valence-electron chi connectivity index (χ3n) is 6.22. The number of aryl methyl sites for hydroxylation is 1. The van der Waals surface area contributed by atoms with Crippen molar-refractivity contribution in [2.24, 2.45) is 5.41 Å². The molecule has 0 aromatic heterocycles. The Morgan fingerprint density at radius 3 is 2.68 bits per heavy atom. The topological polar surface area (TPSA) is 39.6 Å². The summed E-state index contributed by atoms with van der Waals surface area (Å²) in [6.45, 7) is 11.0. The molecular weight excluding hydrogens is 315 g/mol. The predicted molar refractivity (Wildman–Crippen MR) is 98.2 cm³/mol. The fourth-order valence-corrected chi connectivity index (χ4v) is 4.14. The minimum atomic E-state index is -1.26. The molecule has 3 atom stereocenters. The lowest BCUT2D eigenvalue weighted by Gasteiger charge is -2.49. The number of rotatable bonds is 5. The Morgan fingerprint density at radius 2 is 2.12 bits per heavy atom. The highest BCUT2D eigenvalue weighted by Crippen LogP contribution is 2.56. The van der Waals surface area contributed by atoms with Crippen LogP contribution in [-0.4, -0.2) is 24.4 Å². The van der Waals surface area contributed by atoms with Gasteiger partial charge >= 0.3 is 0 Å². The molecule has 4 heteroatoms. The summed E-state index contributed by atoms with van der Waals surface area (Å²) in [4.78, 5) is 2.01. The second kappa shape index (κ2) is 6.14. The molecule has 0 amide bonds. The number of anilines is 1. The number of nitriles is 1. The van der Waals surface area contributed by atoms with E-state index >= 15 is 4.39 Å². The molecule has 1 unspecified atom stereocenters. The predicted octanol–water partition coefficient (Wildman–Crippen LogP) is 4.76. The van der Waals surface area contributed by atoms with E-state index in [-0.39, 0.29) is 5.60 Å². The lowest BCUT2D eigenvalue weighted by atomic mass is 9.62. The van der Waals surface area contributed by atoms with Gasteiger partial charge in [-0.05, 0) is 56.5 Å². The lowest BCUT2D eigenvalue weighted by Crippen LogP contribution is -2.53. The van der Waals surface area contributed by atoms with Crippen molar-refractivity contribution in [3.8, 4) is 6.07 Å². The molecular formula is C21H27FN2O. The van der Waals surface area contributed by atoms with Gasteiger partial charge in [0, 0.05) is 17.6 Å². The van der Waals surface area contributed by atoms with E-state index in [0.717, 1.165) is 37.1 Å². The molecule has 1 saturated carbocycles. The molecule has 1 spiro atoms. The summed E-state index contributed by atoms with van der Waals surface area (Å²) in [7, 11) is 0. The summed E-state index contributed by atoms with van der Waals surface area (Å²) in [5, 5.41) is 9.24. The monoisotopic (exact) mass is 342 g/mol. The molecule has 134 valence electrons. The van der Waals surface area contributed by atoms with Crippen LogP contribution in [0.2, 0.25) is 0 Å². The molecule has 1 aromatic rings. The van der Waals surface area contributed by atoms with Crippen molar-refractivity contribution >= 4 is 5.69 Å². The van der Waals surface area contributed by atoms with Crippen LogP contribution in [0, 0.1) is 16.7 Å². The van der Waals surface area contributed by atoms with E-state index in [9.17, 15) is 5.26 Å². The van der Waals surface area contributed by atoms with Crippen molar-refractivity contribution in [1.82, 2.24) is 0 Å². The molecule has 3 rings (SSSR count). The third kappa shape index (κ3) is 3.18. The Labute approximate surface area is 150 Å². The van der Waals surface area contributed by atoms with Crippen LogP contribution in [0.3, 0.4) is 0 Å². The van der Waals surface area contributed by atoms with Gasteiger partial charge in [0.1, 0.15) is 5.67 Å². The molecule has 1 aliphatic carbocycles. The zero-order valence-electron chi connectivity index (χ0n) is 15.4. The Kier molecular flexibility index (Phi) is 4.41. The molecule has 1 aromatic carbocycles. The van der Waals surface area contributed by atoms with Gasteiger partial charge in [0.05, 0.1) is 23.8 Å².